The van der Waals surface area contributed by atoms with Crippen LogP contribution in [0.2, 0.25) is 0 Å². The summed E-state index contributed by atoms with van der Waals surface area (Å²) in [5.74, 6) is -1.74. The fourth-order valence-corrected chi connectivity index (χ4v) is 10.5. The number of alkyl halides is 3. The average Bonchev–Trinajstić information content (AvgIpc) is 3.49. The van der Waals surface area contributed by atoms with Crippen molar-refractivity contribution in [3.8, 4) is 11.8 Å². The van der Waals surface area contributed by atoms with Crippen LogP contribution < -0.4 is 25.2 Å². The van der Waals surface area contributed by atoms with Crippen LogP contribution in [0.25, 0.3) is 0 Å². The third kappa shape index (κ3) is 7.87. The number of carbonyl (C=O) groups is 5. The number of hydrogen-bond acceptors (Lipinski definition) is 10. The lowest BCUT2D eigenvalue weighted by molar-refractivity contribution is -0.164. The number of rotatable bonds is 9. The minimum absolute atomic E-state index is 0.0163. The van der Waals surface area contributed by atoms with Crippen molar-refractivity contribution in [2.45, 2.75) is 77.7 Å². The molecule has 1 saturated carbocycles. The van der Waals surface area contributed by atoms with E-state index in [4.69, 9.17) is 10.00 Å². The van der Waals surface area contributed by atoms with Crippen molar-refractivity contribution in [3.63, 3.8) is 0 Å². The molecule has 0 spiro atoms. The smallest absolute Gasteiger partial charge is 0.417 e. The van der Waals surface area contributed by atoms with Gasteiger partial charge in [0, 0.05) is 86.0 Å². The molecule has 5 amide bonds. The molecule has 0 aromatic heterocycles. The lowest BCUT2D eigenvalue weighted by Crippen LogP contribution is -2.74. The molecule has 1 atom stereocenters. The van der Waals surface area contributed by atoms with Gasteiger partial charge in [-0.15, -0.1) is 0 Å². The quantitative estimate of drug-likeness (QED) is 0.259. The molecule has 5 aliphatic rings. The number of carbonyl (C=O) groups excluding carboxylic acids is 5. The highest BCUT2D eigenvalue weighted by Crippen LogP contribution is 2.56. The lowest BCUT2D eigenvalue weighted by Gasteiger charge is -2.63. The summed E-state index contributed by atoms with van der Waals surface area (Å²) >= 11 is 0. The van der Waals surface area contributed by atoms with Crippen molar-refractivity contribution in [2.75, 3.05) is 55.6 Å². The summed E-state index contributed by atoms with van der Waals surface area (Å²) < 4.78 is 46.9. The number of benzene rings is 3. The van der Waals surface area contributed by atoms with E-state index in [1.165, 1.54) is 6.07 Å². The van der Waals surface area contributed by atoms with E-state index in [-0.39, 0.29) is 41.7 Å². The molecule has 2 N–H and O–H groups in total. The number of nitrogens with zero attached hydrogens (tertiary/aromatic N) is 5. The highest BCUT2D eigenvalue weighted by Gasteiger charge is 2.64. The van der Waals surface area contributed by atoms with Crippen LogP contribution in [-0.2, 0) is 15.8 Å². The normalized spacial score (nSPS) is 24.0. The van der Waals surface area contributed by atoms with Gasteiger partial charge in [-0.2, -0.15) is 18.4 Å². The Labute approximate surface area is 358 Å². The van der Waals surface area contributed by atoms with E-state index in [1.54, 1.807) is 18.2 Å². The Balaban J connectivity index is 0.794. The van der Waals surface area contributed by atoms with Crippen LogP contribution in [0, 0.1) is 28.1 Å². The van der Waals surface area contributed by atoms with Crippen molar-refractivity contribution in [2.24, 2.45) is 16.7 Å². The first-order valence-electron chi connectivity index (χ1n) is 21.1. The van der Waals surface area contributed by atoms with Gasteiger partial charge in [-0.25, -0.2) is 0 Å². The van der Waals surface area contributed by atoms with Gasteiger partial charge in [-0.3, -0.25) is 39.1 Å². The molecule has 326 valence electrons. The molecule has 8 rings (SSSR count). The molecule has 62 heavy (non-hydrogen) atoms. The molecule has 3 aromatic rings. The van der Waals surface area contributed by atoms with E-state index in [2.05, 4.69) is 25.3 Å². The Morgan fingerprint density at radius 2 is 1.45 bits per heavy atom. The number of piperidine rings is 2. The van der Waals surface area contributed by atoms with Gasteiger partial charge in [-0.05, 0) is 85.8 Å². The number of imide groups is 2. The highest BCUT2D eigenvalue weighted by molar-refractivity contribution is 6.23. The van der Waals surface area contributed by atoms with Gasteiger partial charge in [0.1, 0.15) is 17.9 Å². The van der Waals surface area contributed by atoms with Crippen LogP contribution in [0.3, 0.4) is 0 Å². The first kappa shape index (κ1) is 42.7. The second-order valence-corrected chi connectivity index (χ2v) is 18.3. The predicted molar refractivity (Wildman–Crippen MR) is 223 cm³/mol. The second kappa shape index (κ2) is 16.1. The van der Waals surface area contributed by atoms with Gasteiger partial charge in [0.2, 0.25) is 11.8 Å². The molecule has 1 aliphatic carbocycles. The van der Waals surface area contributed by atoms with Crippen LogP contribution in [-0.4, -0.2) is 103 Å². The molecule has 4 heterocycles. The molecule has 13 nitrogen and oxygen atoms in total. The van der Waals surface area contributed by atoms with Crippen LogP contribution in [0.15, 0.2) is 60.7 Å². The Morgan fingerprint density at radius 3 is 2.08 bits per heavy atom. The number of nitrogens with one attached hydrogen (secondary N) is 2. The van der Waals surface area contributed by atoms with Crippen LogP contribution in [0.4, 0.5) is 24.5 Å². The monoisotopic (exact) mass is 853 g/mol. The van der Waals surface area contributed by atoms with E-state index < -0.39 is 63.9 Å². The fraction of sp³-hybridized carbons (Fsp3) is 0.478. The van der Waals surface area contributed by atoms with E-state index >= 15 is 0 Å². The molecular formula is C46H50F3N7O6. The molecule has 4 aliphatic heterocycles. The van der Waals surface area contributed by atoms with Gasteiger partial charge >= 0.3 is 6.18 Å². The number of amides is 5. The van der Waals surface area contributed by atoms with Gasteiger partial charge < -0.3 is 19.9 Å². The zero-order valence-corrected chi connectivity index (χ0v) is 35.2. The van der Waals surface area contributed by atoms with Crippen molar-refractivity contribution < 1.29 is 41.9 Å². The molecule has 0 bridgehead atoms. The Kier molecular flexibility index (Phi) is 11.1. The first-order chi connectivity index (χ1) is 29.4. The summed E-state index contributed by atoms with van der Waals surface area (Å²) in [6, 6.07) is 16.5. The van der Waals surface area contributed by atoms with Crippen LogP contribution in [0.1, 0.15) is 95.6 Å². The zero-order valence-electron chi connectivity index (χ0n) is 35.2. The van der Waals surface area contributed by atoms with E-state index in [0.29, 0.717) is 11.5 Å². The highest BCUT2D eigenvalue weighted by atomic mass is 19.4. The third-order valence-corrected chi connectivity index (χ3v) is 13.6. The van der Waals surface area contributed by atoms with Crippen LogP contribution >= 0.6 is 0 Å². The maximum absolute atomic E-state index is 13.6. The Morgan fingerprint density at radius 1 is 0.823 bits per heavy atom. The molecular weight excluding hydrogens is 804 g/mol. The molecule has 1 unspecified atom stereocenters. The van der Waals surface area contributed by atoms with E-state index in [1.807, 2.05) is 58.0 Å². The van der Waals surface area contributed by atoms with Gasteiger partial charge in [-0.1, -0.05) is 27.7 Å². The van der Waals surface area contributed by atoms with E-state index in [9.17, 15) is 37.1 Å². The molecule has 16 heteroatoms. The number of hydrogen-bond donors (Lipinski definition) is 2. The lowest BCUT2D eigenvalue weighted by atomic mass is 9.49. The summed E-state index contributed by atoms with van der Waals surface area (Å²) in [6.07, 6.45) is -2.96. The number of ether oxygens (including phenoxy) is 1. The summed E-state index contributed by atoms with van der Waals surface area (Å²) in [7, 11) is 0. The second-order valence-electron chi connectivity index (χ2n) is 18.3. The molecule has 3 aromatic carbocycles. The van der Waals surface area contributed by atoms with Crippen molar-refractivity contribution in [3.05, 3.63) is 88.5 Å². The largest absolute Gasteiger partial charge is 0.489 e. The predicted octanol–water partition coefficient (Wildman–Crippen LogP) is 5.63. The van der Waals surface area contributed by atoms with Gasteiger partial charge in [0.05, 0.1) is 28.3 Å². The van der Waals surface area contributed by atoms with Gasteiger partial charge in [0.15, 0.2) is 0 Å². The molecule has 3 saturated heterocycles. The minimum Gasteiger partial charge on any atom is -0.489 e. The Bertz CT molecular complexity index is 2330. The fourth-order valence-electron chi connectivity index (χ4n) is 10.5. The molecule has 4 fully saturated rings. The number of fused-ring (bicyclic) bond motifs is 1. The minimum atomic E-state index is -4.70. The maximum Gasteiger partial charge on any atom is 0.417 e. The van der Waals surface area contributed by atoms with Crippen molar-refractivity contribution in [1.82, 2.24) is 20.4 Å². The SMILES string of the molecule is CC1(C)C(NC(=O)c2ccc(N3CCC(CN4CCN(c5ccc6c(c5)C(=O)N(C5CCC(=O)NC5=O)C6=O)CC4)CC3)cc2)C(C)(C)C1Oc1ccc(C#N)c(C(F)(F)F)c1. The Hall–Kier alpha value is -5.95. The maximum atomic E-state index is 13.6. The number of halogens is 3. The summed E-state index contributed by atoms with van der Waals surface area (Å²) in [4.78, 5) is 72.1. The standard InChI is InChI=1S/C46H50F3N7O6/c1-44(2)42(45(3,4)43(44)62-32-11-7-29(25-50)35(24-32)46(47,48)49)52-38(58)28-5-8-30(9-6-28)54-17-15-27(16-18-54)26-53-19-21-55(22-20-53)31-10-12-33-34(23-31)41(61)56(40(33)60)36-13-14-37(57)51-39(36)59/h5-12,23-24,27,36,42-43H,13-22,26H2,1-4H3,(H,52,58)(H,51,57,59). The topological polar surface area (TPSA) is 155 Å². The first-order valence-corrected chi connectivity index (χ1v) is 21.1. The summed E-state index contributed by atoms with van der Waals surface area (Å²) in [6.45, 7) is 13.7. The van der Waals surface area contributed by atoms with Crippen molar-refractivity contribution in [1.29, 1.82) is 5.26 Å². The van der Waals surface area contributed by atoms with E-state index in [0.717, 1.165) is 87.1 Å². The summed E-state index contributed by atoms with van der Waals surface area (Å²) in [5.41, 5.74) is 0.229. The average molecular weight is 854 g/mol. The van der Waals surface area contributed by atoms with Gasteiger partial charge in [0.25, 0.3) is 17.7 Å². The third-order valence-electron chi connectivity index (χ3n) is 13.6. The van der Waals surface area contributed by atoms with Crippen molar-refractivity contribution >= 4 is 40.9 Å². The van der Waals surface area contributed by atoms with Crippen LogP contribution in [0.5, 0.6) is 5.75 Å². The molecule has 0 radical (unpaired) electrons. The number of anilines is 2. The zero-order chi connectivity index (χ0) is 44.3. The number of piperazine rings is 1. The number of nitriles is 1. The summed E-state index contributed by atoms with van der Waals surface area (Å²) in [5, 5.41) is 14.6.